The maximum Gasteiger partial charge on any atom is 0.249 e. The van der Waals surface area contributed by atoms with Crippen molar-refractivity contribution in [2.75, 3.05) is 0 Å². The molecule has 4 N–H and O–H groups in total. The van der Waals surface area contributed by atoms with E-state index in [9.17, 15) is 9.59 Å². The molecular weight excluding hydrogens is 537 g/mol. The van der Waals surface area contributed by atoms with E-state index in [0.717, 1.165) is 10.7 Å². The molecule has 80 valence electrons. The largest absolute Gasteiger partial charge is 0.366 e. The van der Waals surface area contributed by atoms with E-state index in [1.807, 2.05) is 45.2 Å². The maximum absolute atomic E-state index is 11.1. The number of carbonyl (C=O) groups is 2. The molecule has 1 aromatic rings. The summed E-state index contributed by atoms with van der Waals surface area (Å²) in [4.78, 5) is 22.2. The maximum atomic E-state index is 11.1. The Labute approximate surface area is 127 Å². The zero-order chi connectivity index (χ0) is 11.7. The minimum absolute atomic E-state index is 0.328. The first-order chi connectivity index (χ1) is 6.86. The molecule has 0 aliphatic carbocycles. The summed E-state index contributed by atoms with van der Waals surface area (Å²) in [5.41, 5.74) is 11.1. The summed E-state index contributed by atoms with van der Waals surface area (Å²) < 4.78 is 2.31. The van der Waals surface area contributed by atoms with Gasteiger partial charge in [-0.25, -0.2) is 0 Å². The highest BCUT2D eigenvalue weighted by molar-refractivity contribution is 14.1. The molecule has 1 aromatic carbocycles. The van der Waals surface area contributed by atoms with Gasteiger partial charge in [0, 0.05) is 10.7 Å². The predicted octanol–water partition coefficient (Wildman–Crippen LogP) is 1.70. The highest BCUT2D eigenvalue weighted by atomic mass is 127. The number of hydrogen-bond donors (Lipinski definition) is 2. The van der Waals surface area contributed by atoms with Crippen molar-refractivity contribution in [3.63, 3.8) is 0 Å². The number of carbonyl (C=O) groups excluding carboxylic acids is 2. The monoisotopic (exact) mass is 542 g/mol. The first-order valence-corrected chi connectivity index (χ1v) is 6.87. The molecule has 0 heterocycles. The van der Waals surface area contributed by atoms with Crippen molar-refractivity contribution in [1.82, 2.24) is 0 Å². The van der Waals surface area contributed by atoms with E-state index in [4.69, 9.17) is 11.5 Å². The molecular formula is C8H5I3N2O2. The minimum Gasteiger partial charge on any atom is -0.366 e. The fourth-order valence-corrected chi connectivity index (χ4v) is 3.44. The summed E-state index contributed by atoms with van der Waals surface area (Å²) >= 11 is 6.10. The molecule has 0 saturated carbocycles. The van der Waals surface area contributed by atoms with Crippen molar-refractivity contribution in [1.29, 1.82) is 0 Å². The van der Waals surface area contributed by atoms with Crippen molar-refractivity contribution in [3.8, 4) is 0 Å². The quantitative estimate of drug-likeness (QED) is 0.441. The van der Waals surface area contributed by atoms with Crippen LogP contribution in [0.4, 0.5) is 0 Å². The lowest BCUT2D eigenvalue weighted by atomic mass is 10.1. The van der Waals surface area contributed by atoms with Gasteiger partial charge in [-0.1, -0.05) is 0 Å². The number of amides is 2. The molecule has 15 heavy (non-hydrogen) atoms. The second-order valence-electron chi connectivity index (χ2n) is 2.64. The van der Waals surface area contributed by atoms with Gasteiger partial charge in [-0.05, 0) is 73.8 Å². The van der Waals surface area contributed by atoms with Crippen LogP contribution in [0.5, 0.6) is 0 Å². The Morgan fingerprint density at radius 1 is 0.867 bits per heavy atom. The van der Waals surface area contributed by atoms with Gasteiger partial charge in [0.25, 0.3) is 0 Å². The minimum atomic E-state index is -0.559. The topological polar surface area (TPSA) is 86.2 Å². The van der Waals surface area contributed by atoms with Gasteiger partial charge >= 0.3 is 0 Å². The summed E-state index contributed by atoms with van der Waals surface area (Å²) in [5.74, 6) is -1.12. The van der Waals surface area contributed by atoms with Crippen LogP contribution in [-0.4, -0.2) is 11.8 Å². The van der Waals surface area contributed by atoms with E-state index < -0.39 is 11.8 Å². The van der Waals surface area contributed by atoms with Gasteiger partial charge in [0.15, 0.2) is 0 Å². The van der Waals surface area contributed by atoms with Crippen LogP contribution in [-0.2, 0) is 0 Å². The summed E-state index contributed by atoms with van der Waals surface area (Å²) in [7, 11) is 0. The normalized spacial score (nSPS) is 10.1. The number of hydrogen-bond acceptors (Lipinski definition) is 2. The molecule has 0 spiro atoms. The van der Waals surface area contributed by atoms with Gasteiger partial charge in [-0.15, -0.1) is 0 Å². The average molecular weight is 542 g/mol. The highest BCUT2D eigenvalue weighted by Crippen LogP contribution is 2.27. The van der Waals surface area contributed by atoms with Crippen LogP contribution in [0.2, 0.25) is 0 Å². The van der Waals surface area contributed by atoms with Crippen LogP contribution >= 0.6 is 67.8 Å². The Hall–Kier alpha value is 0.350. The third kappa shape index (κ3) is 2.72. The van der Waals surface area contributed by atoms with E-state index in [2.05, 4.69) is 22.6 Å². The van der Waals surface area contributed by atoms with Gasteiger partial charge in [0.05, 0.1) is 11.1 Å². The second kappa shape index (κ2) is 5.12. The van der Waals surface area contributed by atoms with Gasteiger partial charge in [0.2, 0.25) is 11.8 Å². The van der Waals surface area contributed by atoms with Crippen LogP contribution in [0.25, 0.3) is 0 Å². The fraction of sp³-hybridized carbons (Fsp3) is 0. The third-order valence-corrected chi connectivity index (χ3v) is 7.06. The molecule has 0 fully saturated rings. The molecule has 0 unspecified atom stereocenters. The smallest absolute Gasteiger partial charge is 0.249 e. The lowest BCUT2D eigenvalue weighted by molar-refractivity contribution is 0.0998. The first kappa shape index (κ1) is 13.4. The lowest BCUT2D eigenvalue weighted by Gasteiger charge is -2.08. The zero-order valence-corrected chi connectivity index (χ0v) is 13.7. The van der Waals surface area contributed by atoms with E-state index in [1.165, 1.54) is 6.07 Å². The van der Waals surface area contributed by atoms with Crippen molar-refractivity contribution >= 4 is 79.6 Å². The number of halogens is 3. The number of nitrogens with two attached hydrogens (primary N) is 2. The molecule has 0 saturated heterocycles. The number of benzene rings is 1. The van der Waals surface area contributed by atoms with E-state index in [0.29, 0.717) is 11.1 Å². The van der Waals surface area contributed by atoms with Crippen LogP contribution < -0.4 is 11.5 Å². The van der Waals surface area contributed by atoms with Crippen LogP contribution in [0.3, 0.4) is 0 Å². The molecule has 2 amide bonds. The first-order valence-electron chi connectivity index (χ1n) is 3.63. The molecule has 0 atom stereocenters. The summed E-state index contributed by atoms with van der Waals surface area (Å²) in [6.45, 7) is 0. The second-order valence-corrected chi connectivity index (χ2v) is 5.88. The molecule has 0 aliphatic heterocycles. The molecule has 7 heteroatoms. The Bertz CT molecular complexity index is 421. The molecule has 0 aliphatic rings. The van der Waals surface area contributed by atoms with Gasteiger partial charge in [-0.2, -0.15) is 0 Å². The van der Waals surface area contributed by atoms with Gasteiger partial charge < -0.3 is 11.5 Å². The Morgan fingerprint density at radius 3 is 1.47 bits per heavy atom. The van der Waals surface area contributed by atoms with E-state index in [1.54, 1.807) is 0 Å². The fourth-order valence-electron chi connectivity index (χ4n) is 0.962. The van der Waals surface area contributed by atoms with E-state index in [-0.39, 0.29) is 0 Å². The standard InChI is InChI=1S/C8H5I3N2O2/c9-4-2(7(12)14)1-3(8(13)15)5(10)6(4)11/h1H,(H2,12,14)(H2,13,15). The van der Waals surface area contributed by atoms with Gasteiger partial charge in [-0.3, -0.25) is 9.59 Å². The molecule has 0 aromatic heterocycles. The van der Waals surface area contributed by atoms with Crippen molar-refractivity contribution < 1.29 is 9.59 Å². The zero-order valence-electron chi connectivity index (χ0n) is 7.18. The Morgan fingerprint density at radius 2 is 1.20 bits per heavy atom. The lowest BCUT2D eigenvalue weighted by Crippen LogP contribution is -2.19. The third-order valence-electron chi connectivity index (χ3n) is 1.68. The number of rotatable bonds is 2. The highest BCUT2D eigenvalue weighted by Gasteiger charge is 2.18. The summed E-state index contributed by atoms with van der Waals surface area (Å²) in [6.07, 6.45) is 0. The van der Waals surface area contributed by atoms with Crippen LogP contribution in [0, 0.1) is 10.7 Å². The predicted molar refractivity (Wildman–Crippen MR) is 81.6 cm³/mol. The SMILES string of the molecule is NC(=O)c1cc(C(N)=O)c(I)c(I)c1I. The average Bonchev–Trinajstić information content (AvgIpc) is 2.13. The van der Waals surface area contributed by atoms with Crippen molar-refractivity contribution in [2.24, 2.45) is 11.5 Å². The molecule has 1 rings (SSSR count). The summed E-state index contributed by atoms with van der Waals surface area (Å²) in [5, 5.41) is 0. The van der Waals surface area contributed by atoms with E-state index >= 15 is 0 Å². The van der Waals surface area contributed by atoms with Crippen molar-refractivity contribution in [3.05, 3.63) is 27.9 Å². The number of primary amides is 2. The Kier molecular flexibility index (Phi) is 4.58. The summed E-state index contributed by atoms with van der Waals surface area (Å²) in [6, 6.07) is 1.44. The molecule has 0 radical (unpaired) electrons. The molecule has 4 nitrogen and oxygen atoms in total. The van der Waals surface area contributed by atoms with Crippen LogP contribution in [0.15, 0.2) is 6.07 Å². The Balaban J connectivity index is 3.59. The van der Waals surface area contributed by atoms with Crippen LogP contribution in [0.1, 0.15) is 20.7 Å². The molecule has 0 bridgehead atoms. The van der Waals surface area contributed by atoms with Gasteiger partial charge in [0.1, 0.15) is 0 Å². The van der Waals surface area contributed by atoms with Crippen molar-refractivity contribution in [2.45, 2.75) is 0 Å².